The summed E-state index contributed by atoms with van der Waals surface area (Å²) in [7, 11) is 1.60. The number of methoxy groups -OCH3 is 1. The van der Waals surface area contributed by atoms with Crippen molar-refractivity contribution in [2.45, 2.75) is 18.9 Å². The van der Waals surface area contributed by atoms with Gasteiger partial charge < -0.3 is 14.3 Å². The number of hydrogen-bond donors (Lipinski definition) is 1. The number of furan rings is 1. The molecule has 0 amide bonds. The smallest absolute Gasteiger partial charge is 0.307 e. The molecule has 1 aromatic rings. The average Bonchev–Trinajstić information content (AvgIpc) is 2.82. The van der Waals surface area contributed by atoms with Gasteiger partial charge in [-0.15, -0.1) is 0 Å². The predicted octanol–water partition coefficient (Wildman–Crippen LogP) is 1.61. The van der Waals surface area contributed by atoms with Gasteiger partial charge in [-0.05, 0) is 18.6 Å². The van der Waals surface area contributed by atoms with Crippen molar-refractivity contribution in [1.29, 1.82) is 0 Å². The SMILES string of the molecule is COCc1ccc(C2CC2C(=O)O)o1. The van der Waals surface area contributed by atoms with E-state index >= 15 is 0 Å². The van der Waals surface area contributed by atoms with Gasteiger partial charge in [-0.1, -0.05) is 0 Å². The average molecular weight is 196 g/mol. The minimum Gasteiger partial charge on any atom is -0.481 e. The lowest BCUT2D eigenvalue weighted by Gasteiger charge is -1.94. The third kappa shape index (κ3) is 1.65. The fourth-order valence-corrected chi connectivity index (χ4v) is 1.60. The summed E-state index contributed by atoms with van der Waals surface area (Å²) in [6.45, 7) is 0.435. The molecule has 2 unspecified atom stereocenters. The van der Waals surface area contributed by atoms with Gasteiger partial charge in [0, 0.05) is 13.0 Å². The monoisotopic (exact) mass is 196 g/mol. The van der Waals surface area contributed by atoms with Crippen LogP contribution >= 0.6 is 0 Å². The molecule has 2 atom stereocenters. The summed E-state index contributed by atoms with van der Waals surface area (Å²) in [6.07, 6.45) is 0.690. The van der Waals surface area contributed by atoms with Crippen molar-refractivity contribution < 1.29 is 19.1 Å². The molecule has 0 radical (unpaired) electrons. The van der Waals surface area contributed by atoms with Crippen LogP contribution in [0.2, 0.25) is 0 Å². The summed E-state index contributed by atoms with van der Waals surface area (Å²) in [5.74, 6) is 0.595. The summed E-state index contributed by atoms with van der Waals surface area (Å²) in [5.41, 5.74) is 0. The number of hydrogen-bond acceptors (Lipinski definition) is 3. The Morgan fingerprint density at radius 2 is 2.50 bits per heavy atom. The standard InChI is InChI=1S/C10H12O4/c1-13-5-6-2-3-9(14-6)7-4-8(7)10(11)12/h2-3,7-8H,4-5H2,1H3,(H,11,12). The first kappa shape index (κ1) is 9.27. The van der Waals surface area contributed by atoms with Crippen LogP contribution in [0.25, 0.3) is 0 Å². The maximum atomic E-state index is 10.6. The second-order valence-electron chi connectivity index (χ2n) is 3.52. The number of rotatable bonds is 4. The van der Waals surface area contributed by atoms with Crippen LogP contribution < -0.4 is 0 Å². The fraction of sp³-hybridized carbons (Fsp3) is 0.500. The Bertz CT molecular complexity index is 342. The van der Waals surface area contributed by atoms with Gasteiger partial charge >= 0.3 is 5.97 Å². The number of carboxylic acid groups (broad SMARTS) is 1. The van der Waals surface area contributed by atoms with Gasteiger partial charge in [0.2, 0.25) is 0 Å². The van der Waals surface area contributed by atoms with Crippen molar-refractivity contribution in [1.82, 2.24) is 0 Å². The van der Waals surface area contributed by atoms with Crippen molar-refractivity contribution >= 4 is 5.97 Å². The summed E-state index contributed by atoms with van der Waals surface area (Å²) in [4.78, 5) is 10.6. The Labute approximate surface area is 81.5 Å². The van der Waals surface area contributed by atoms with Gasteiger partial charge in [-0.2, -0.15) is 0 Å². The minimum atomic E-state index is -0.736. The molecule has 1 aliphatic rings. The molecule has 1 heterocycles. The van der Waals surface area contributed by atoms with Gasteiger partial charge in [-0.3, -0.25) is 4.79 Å². The van der Waals surface area contributed by atoms with E-state index in [0.717, 1.165) is 11.5 Å². The van der Waals surface area contributed by atoms with Crippen LogP contribution in [0.5, 0.6) is 0 Å². The summed E-state index contributed by atoms with van der Waals surface area (Å²) in [5, 5.41) is 8.73. The first-order valence-electron chi connectivity index (χ1n) is 4.52. The van der Waals surface area contributed by atoms with Crippen LogP contribution in [0.3, 0.4) is 0 Å². The van der Waals surface area contributed by atoms with E-state index in [1.807, 2.05) is 12.1 Å². The predicted molar refractivity (Wildman–Crippen MR) is 47.9 cm³/mol. The molecule has 0 aromatic carbocycles. The molecule has 0 aliphatic heterocycles. The van der Waals surface area contributed by atoms with E-state index in [1.54, 1.807) is 7.11 Å². The van der Waals surface area contributed by atoms with Gasteiger partial charge in [0.05, 0.1) is 5.92 Å². The molecule has 1 fully saturated rings. The summed E-state index contributed by atoms with van der Waals surface area (Å²) >= 11 is 0. The number of carbonyl (C=O) groups is 1. The van der Waals surface area contributed by atoms with Crippen LogP contribution in [-0.4, -0.2) is 18.2 Å². The van der Waals surface area contributed by atoms with E-state index in [1.165, 1.54) is 0 Å². The zero-order valence-corrected chi connectivity index (χ0v) is 7.90. The van der Waals surface area contributed by atoms with Crippen molar-refractivity contribution in [3.63, 3.8) is 0 Å². The van der Waals surface area contributed by atoms with Gasteiger partial charge in [-0.25, -0.2) is 0 Å². The Kier molecular flexibility index (Phi) is 2.29. The van der Waals surface area contributed by atoms with Crippen LogP contribution in [-0.2, 0) is 16.1 Å². The maximum Gasteiger partial charge on any atom is 0.307 e. The lowest BCUT2D eigenvalue weighted by Crippen LogP contribution is -1.98. The molecule has 4 heteroatoms. The van der Waals surface area contributed by atoms with E-state index in [9.17, 15) is 4.79 Å². The zero-order valence-electron chi connectivity index (χ0n) is 7.90. The largest absolute Gasteiger partial charge is 0.481 e. The zero-order chi connectivity index (χ0) is 10.1. The number of aliphatic carboxylic acids is 1. The van der Waals surface area contributed by atoms with E-state index in [-0.39, 0.29) is 11.8 Å². The highest BCUT2D eigenvalue weighted by atomic mass is 16.5. The molecule has 0 spiro atoms. The van der Waals surface area contributed by atoms with Crippen LogP contribution in [0, 0.1) is 5.92 Å². The maximum absolute atomic E-state index is 10.6. The molecule has 1 N–H and O–H groups in total. The molecule has 1 saturated carbocycles. The summed E-state index contributed by atoms with van der Waals surface area (Å²) < 4.78 is 10.3. The van der Waals surface area contributed by atoms with E-state index < -0.39 is 5.97 Å². The highest BCUT2D eigenvalue weighted by Crippen LogP contribution is 2.47. The highest BCUT2D eigenvalue weighted by Gasteiger charge is 2.46. The van der Waals surface area contributed by atoms with Crippen LogP contribution in [0.1, 0.15) is 23.9 Å². The first-order chi connectivity index (χ1) is 6.72. The molecule has 1 aromatic heterocycles. The minimum absolute atomic E-state index is 0.0677. The second kappa shape index (κ2) is 3.46. The fourth-order valence-electron chi connectivity index (χ4n) is 1.60. The van der Waals surface area contributed by atoms with Crippen molar-refractivity contribution in [2.24, 2.45) is 5.92 Å². The second-order valence-corrected chi connectivity index (χ2v) is 3.52. The Morgan fingerprint density at radius 3 is 3.07 bits per heavy atom. The van der Waals surface area contributed by atoms with Crippen LogP contribution in [0.4, 0.5) is 0 Å². The number of ether oxygens (including phenoxy) is 1. The van der Waals surface area contributed by atoms with Crippen molar-refractivity contribution in [3.8, 4) is 0 Å². The quantitative estimate of drug-likeness (QED) is 0.794. The van der Waals surface area contributed by atoms with Crippen LogP contribution in [0.15, 0.2) is 16.5 Å². The first-order valence-corrected chi connectivity index (χ1v) is 4.52. The van der Waals surface area contributed by atoms with Crippen molar-refractivity contribution in [2.75, 3.05) is 7.11 Å². The molecular weight excluding hydrogens is 184 g/mol. The lowest BCUT2D eigenvalue weighted by molar-refractivity contribution is -0.138. The molecule has 4 nitrogen and oxygen atoms in total. The van der Waals surface area contributed by atoms with Crippen molar-refractivity contribution in [3.05, 3.63) is 23.7 Å². The van der Waals surface area contributed by atoms with E-state index in [4.69, 9.17) is 14.3 Å². The normalized spacial score (nSPS) is 24.9. The Morgan fingerprint density at radius 1 is 1.71 bits per heavy atom. The van der Waals surface area contributed by atoms with Gasteiger partial charge in [0.1, 0.15) is 18.1 Å². The van der Waals surface area contributed by atoms with E-state index in [0.29, 0.717) is 13.0 Å². The van der Waals surface area contributed by atoms with Gasteiger partial charge in [0.25, 0.3) is 0 Å². The topological polar surface area (TPSA) is 59.7 Å². The molecule has 2 rings (SSSR count). The molecule has 76 valence electrons. The van der Waals surface area contributed by atoms with Gasteiger partial charge in [0.15, 0.2) is 0 Å². The molecule has 1 aliphatic carbocycles. The van der Waals surface area contributed by atoms with E-state index in [2.05, 4.69) is 0 Å². The summed E-state index contributed by atoms with van der Waals surface area (Å²) in [6, 6.07) is 3.66. The highest BCUT2D eigenvalue weighted by molar-refractivity contribution is 5.74. The molecule has 0 saturated heterocycles. The Balaban J connectivity index is 2.01. The number of carboxylic acids is 1. The third-order valence-corrected chi connectivity index (χ3v) is 2.44. The Hall–Kier alpha value is -1.29. The molecule has 14 heavy (non-hydrogen) atoms. The molecule has 0 bridgehead atoms. The molecular formula is C10H12O4. The lowest BCUT2D eigenvalue weighted by atomic mass is 10.2. The third-order valence-electron chi connectivity index (χ3n) is 2.44.